The van der Waals surface area contributed by atoms with Crippen LogP contribution in [0.4, 0.5) is 26.1 Å². The average molecular weight is 443 g/mol. The van der Waals surface area contributed by atoms with Gasteiger partial charge in [-0.25, -0.2) is 23.4 Å². The molecule has 7 nitrogen and oxygen atoms in total. The number of anilines is 3. The molecule has 11 heteroatoms. The lowest BCUT2D eigenvalue weighted by atomic mass is 10.1. The minimum Gasteiger partial charge on any atom is -0.396 e. The van der Waals surface area contributed by atoms with E-state index in [1.54, 1.807) is 12.3 Å². The van der Waals surface area contributed by atoms with Gasteiger partial charge in [-0.15, -0.1) is 0 Å². The Kier molecular flexibility index (Phi) is 5.71. The quantitative estimate of drug-likeness (QED) is 0.601. The number of rotatable bonds is 6. The van der Waals surface area contributed by atoms with E-state index >= 15 is 0 Å². The second kappa shape index (κ2) is 8.25. The summed E-state index contributed by atoms with van der Waals surface area (Å²) in [4.78, 5) is 10.9. The molecule has 0 aliphatic carbocycles. The Balaban J connectivity index is 1.60. The lowest BCUT2D eigenvalue weighted by molar-refractivity contribution is 0.122. The van der Waals surface area contributed by atoms with Gasteiger partial charge in [0.2, 0.25) is 5.95 Å². The van der Waals surface area contributed by atoms with Crippen molar-refractivity contribution in [2.45, 2.75) is 19.4 Å². The van der Waals surface area contributed by atoms with Crippen molar-refractivity contribution in [1.82, 2.24) is 19.7 Å². The van der Waals surface area contributed by atoms with Gasteiger partial charge in [0.25, 0.3) is 6.43 Å². The summed E-state index contributed by atoms with van der Waals surface area (Å²) >= 11 is 12.5. The first-order valence-corrected chi connectivity index (χ1v) is 9.78. The van der Waals surface area contributed by atoms with E-state index in [4.69, 9.17) is 23.2 Å². The zero-order chi connectivity index (χ0) is 20.5. The molecule has 3 heterocycles. The summed E-state index contributed by atoms with van der Waals surface area (Å²) in [5.74, 6) is 0.496. The average Bonchev–Trinajstić information content (AvgIpc) is 3.29. The van der Waals surface area contributed by atoms with E-state index in [0.29, 0.717) is 16.2 Å². The molecule has 2 aromatic heterocycles. The van der Waals surface area contributed by atoms with Crippen LogP contribution in [0.25, 0.3) is 10.9 Å². The van der Waals surface area contributed by atoms with Gasteiger partial charge < -0.3 is 15.3 Å². The van der Waals surface area contributed by atoms with Crippen LogP contribution < -0.4 is 10.2 Å². The largest absolute Gasteiger partial charge is 0.396 e. The second-order valence-electron chi connectivity index (χ2n) is 6.89. The first-order valence-electron chi connectivity index (χ1n) is 9.03. The van der Waals surface area contributed by atoms with Crippen LogP contribution in [0.1, 0.15) is 6.42 Å². The number of aromatic nitrogens is 4. The molecule has 1 aliphatic rings. The Bertz CT molecular complexity index is 1030. The molecule has 2 N–H and O–H groups in total. The van der Waals surface area contributed by atoms with Gasteiger partial charge in [-0.05, 0) is 18.6 Å². The second-order valence-corrected chi connectivity index (χ2v) is 7.65. The molecule has 29 heavy (non-hydrogen) atoms. The number of alkyl halides is 2. The fourth-order valence-electron chi connectivity index (χ4n) is 3.38. The molecule has 0 radical (unpaired) electrons. The number of nitrogens with one attached hydrogen (secondary N) is 1. The van der Waals surface area contributed by atoms with Crippen LogP contribution >= 0.6 is 23.2 Å². The summed E-state index contributed by atoms with van der Waals surface area (Å²) < 4.78 is 26.1. The summed E-state index contributed by atoms with van der Waals surface area (Å²) in [5, 5.41) is 17.6. The van der Waals surface area contributed by atoms with Crippen molar-refractivity contribution >= 4 is 51.4 Å². The highest BCUT2D eigenvalue weighted by Gasteiger charge is 2.24. The fourth-order valence-corrected chi connectivity index (χ4v) is 3.88. The van der Waals surface area contributed by atoms with E-state index in [9.17, 15) is 13.9 Å². The van der Waals surface area contributed by atoms with E-state index in [2.05, 4.69) is 25.3 Å². The minimum absolute atomic E-state index is 0.0536. The standard InChI is InChI=1S/C18H18Cl2F2N6O/c19-12-3-11-5-23-18(26-14-6-24-28(17(14)20)8-16(21)22)25-13(11)4-15(12)27-2-1-10(7-27)9-29/h3-6,10,16,29H,1-2,7-9H2,(H,23,25,26)/t10-/m0/s1. The Morgan fingerprint density at radius 3 is 2.83 bits per heavy atom. The van der Waals surface area contributed by atoms with Crippen molar-refractivity contribution in [1.29, 1.82) is 0 Å². The number of aliphatic hydroxyl groups is 1. The lowest BCUT2D eigenvalue weighted by Gasteiger charge is -2.20. The monoisotopic (exact) mass is 442 g/mol. The summed E-state index contributed by atoms with van der Waals surface area (Å²) in [6, 6.07) is 3.68. The fraction of sp³-hybridized carbons (Fsp3) is 0.389. The van der Waals surface area contributed by atoms with Gasteiger partial charge in [-0.1, -0.05) is 23.2 Å². The van der Waals surface area contributed by atoms with Crippen LogP contribution in [-0.2, 0) is 6.54 Å². The van der Waals surface area contributed by atoms with Crippen molar-refractivity contribution in [2.24, 2.45) is 5.92 Å². The number of nitrogens with zero attached hydrogens (tertiary/aromatic N) is 5. The van der Waals surface area contributed by atoms with Crippen LogP contribution in [0, 0.1) is 5.92 Å². The molecule has 1 aromatic carbocycles. The third kappa shape index (κ3) is 4.22. The van der Waals surface area contributed by atoms with Gasteiger partial charge in [-0.3, -0.25) is 0 Å². The Morgan fingerprint density at radius 1 is 1.28 bits per heavy atom. The van der Waals surface area contributed by atoms with Crippen LogP contribution in [0.15, 0.2) is 24.5 Å². The molecule has 3 aromatic rings. The van der Waals surface area contributed by atoms with Crippen LogP contribution in [0.3, 0.4) is 0 Å². The predicted octanol–water partition coefficient (Wildman–Crippen LogP) is 3.96. The zero-order valence-electron chi connectivity index (χ0n) is 15.2. The summed E-state index contributed by atoms with van der Waals surface area (Å²) in [6.07, 6.45) is 1.32. The first kappa shape index (κ1) is 20.1. The van der Waals surface area contributed by atoms with Crippen molar-refractivity contribution in [3.63, 3.8) is 0 Å². The van der Waals surface area contributed by atoms with Crippen molar-refractivity contribution in [2.75, 3.05) is 29.9 Å². The van der Waals surface area contributed by atoms with Crippen molar-refractivity contribution < 1.29 is 13.9 Å². The minimum atomic E-state index is -2.56. The topological polar surface area (TPSA) is 79.1 Å². The maximum absolute atomic E-state index is 12.6. The smallest absolute Gasteiger partial charge is 0.257 e. The van der Waals surface area contributed by atoms with E-state index in [0.717, 1.165) is 35.3 Å². The third-order valence-electron chi connectivity index (χ3n) is 4.87. The highest BCUT2D eigenvalue weighted by atomic mass is 35.5. The normalized spacial score (nSPS) is 16.9. The SMILES string of the molecule is OC[C@H]1CCN(c2cc3nc(Nc4cnn(CC(F)F)c4Cl)ncc3cc2Cl)C1. The number of benzene rings is 1. The number of halogens is 4. The van der Waals surface area contributed by atoms with Gasteiger partial charge >= 0.3 is 0 Å². The molecule has 0 amide bonds. The lowest BCUT2D eigenvalue weighted by Crippen LogP contribution is -2.21. The number of hydrogen-bond acceptors (Lipinski definition) is 6. The Hall–Kier alpha value is -2.23. The zero-order valence-corrected chi connectivity index (χ0v) is 16.7. The molecule has 0 bridgehead atoms. The Morgan fingerprint density at radius 2 is 2.10 bits per heavy atom. The van der Waals surface area contributed by atoms with E-state index in [-0.39, 0.29) is 23.6 Å². The first-order chi connectivity index (χ1) is 13.9. The molecule has 1 atom stereocenters. The van der Waals surface area contributed by atoms with Crippen LogP contribution in [0.2, 0.25) is 10.2 Å². The van der Waals surface area contributed by atoms with Crippen molar-refractivity contribution in [3.05, 3.63) is 34.7 Å². The maximum Gasteiger partial charge on any atom is 0.257 e. The van der Waals surface area contributed by atoms with E-state index in [1.165, 1.54) is 6.20 Å². The van der Waals surface area contributed by atoms with Gasteiger partial charge in [0.1, 0.15) is 6.54 Å². The number of hydrogen-bond donors (Lipinski definition) is 2. The van der Waals surface area contributed by atoms with Gasteiger partial charge in [0, 0.05) is 37.2 Å². The number of aliphatic hydroxyl groups excluding tert-OH is 1. The molecule has 1 aliphatic heterocycles. The molecule has 0 spiro atoms. The predicted molar refractivity (Wildman–Crippen MR) is 108 cm³/mol. The van der Waals surface area contributed by atoms with E-state index < -0.39 is 13.0 Å². The third-order valence-corrected chi connectivity index (χ3v) is 5.57. The molecule has 154 valence electrons. The molecule has 4 rings (SSSR count). The molecular weight excluding hydrogens is 425 g/mol. The maximum atomic E-state index is 12.6. The molecule has 1 saturated heterocycles. The van der Waals surface area contributed by atoms with Crippen molar-refractivity contribution in [3.8, 4) is 0 Å². The highest BCUT2D eigenvalue weighted by Crippen LogP contribution is 2.34. The van der Waals surface area contributed by atoms with Crippen LogP contribution in [0.5, 0.6) is 0 Å². The van der Waals surface area contributed by atoms with Gasteiger partial charge in [0.15, 0.2) is 5.15 Å². The van der Waals surface area contributed by atoms with Gasteiger partial charge in [-0.2, -0.15) is 5.10 Å². The molecule has 0 unspecified atom stereocenters. The highest BCUT2D eigenvalue weighted by molar-refractivity contribution is 6.34. The summed E-state index contributed by atoms with van der Waals surface area (Å²) in [6.45, 7) is 1.10. The summed E-state index contributed by atoms with van der Waals surface area (Å²) in [5.41, 5.74) is 1.86. The molecule has 0 saturated carbocycles. The molecule has 1 fully saturated rings. The number of fused-ring (bicyclic) bond motifs is 1. The van der Waals surface area contributed by atoms with Gasteiger partial charge in [0.05, 0.1) is 28.1 Å². The van der Waals surface area contributed by atoms with Crippen LogP contribution in [-0.4, -0.2) is 51.0 Å². The summed E-state index contributed by atoms with van der Waals surface area (Å²) in [7, 11) is 0. The Labute approximate surface area is 175 Å². The van der Waals surface area contributed by atoms with E-state index in [1.807, 2.05) is 6.07 Å². The molecular formula is C18H18Cl2F2N6O.